The van der Waals surface area contributed by atoms with Gasteiger partial charge in [0.05, 0.1) is 12.2 Å². The van der Waals surface area contributed by atoms with E-state index in [1.165, 1.54) is 0 Å². The van der Waals surface area contributed by atoms with Gasteiger partial charge in [0.1, 0.15) is 0 Å². The van der Waals surface area contributed by atoms with Crippen LogP contribution in [0.15, 0.2) is 30.3 Å². The Hall–Kier alpha value is -1.00. The number of ether oxygens (including phenoxy) is 2. The largest absolute Gasteiger partial charge is 0.342 e. The van der Waals surface area contributed by atoms with Crippen LogP contribution in [-0.4, -0.2) is 18.1 Å². The van der Waals surface area contributed by atoms with Crippen LogP contribution in [-0.2, 0) is 9.47 Å². The Bertz CT molecular complexity index is 364. The van der Waals surface area contributed by atoms with Crippen LogP contribution in [0.5, 0.6) is 0 Å². The van der Waals surface area contributed by atoms with Crippen LogP contribution >= 0.6 is 0 Å². The molecule has 2 aliphatic rings. The van der Waals surface area contributed by atoms with E-state index in [1.807, 2.05) is 30.3 Å². The van der Waals surface area contributed by atoms with Gasteiger partial charge in [0.25, 0.3) is 5.92 Å². The molecule has 1 heterocycles. The molecule has 1 aliphatic carbocycles. The zero-order valence-electron chi connectivity index (χ0n) is 8.61. The summed E-state index contributed by atoms with van der Waals surface area (Å²) in [4.78, 5) is 0. The molecule has 0 N–H and O–H groups in total. The van der Waals surface area contributed by atoms with Gasteiger partial charge in [-0.25, -0.2) is 8.78 Å². The molecular weight excluding hydrogens is 214 g/mol. The average molecular weight is 226 g/mol. The molecule has 1 saturated heterocycles. The standard InChI is InChI=1S/C12H12F2O2/c13-12(14)6-9-10(7-12)16-11(15-9)8-4-2-1-3-5-8/h1-5,9-11H,6-7H2/t9-,10?,11?/m1/s1. The minimum Gasteiger partial charge on any atom is -0.342 e. The fourth-order valence-corrected chi connectivity index (χ4v) is 2.32. The number of hydrogen-bond donors (Lipinski definition) is 0. The summed E-state index contributed by atoms with van der Waals surface area (Å²) in [6.07, 6.45) is -1.84. The zero-order valence-corrected chi connectivity index (χ0v) is 8.61. The maximum atomic E-state index is 13.0. The number of halogens is 2. The molecule has 1 aromatic carbocycles. The number of alkyl halides is 2. The summed E-state index contributed by atoms with van der Waals surface area (Å²) in [7, 11) is 0. The topological polar surface area (TPSA) is 18.5 Å². The van der Waals surface area contributed by atoms with Crippen molar-refractivity contribution in [1.82, 2.24) is 0 Å². The molecular formula is C12H12F2O2. The van der Waals surface area contributed by atoms with E-state index in [9.17, 15) is 8.78 Å². The second-order valence-electron chi connectivity index (χ2n) is 4.36. The first-order chi connectivity index (χ1) is 7.64. The van der Waals surface area contributed by atoms with E-state index in [0.29, 0.717) is 0 Å². The lowest BCUT2D eigenvalue weighted by Gasteiger charge is -2.14. The van der Waals surface area contributed by atoms with Crippen molar-refractivity contribution in [3.63, 3.8) is 0 Å². The number of rotatable bonds is 1. The smallest absolute Gasteiger partial charge is 0.253 e. The molecule has 4 heteroatoms. The second-order valence-corrected chi connectivity index (χ2v) is 4.36. The second kappa shape index (κ2) is 3.50. The first kappa shape index (κ1) is 10.2. The first-order valence-corrected chi connectivity index (χ1v) is 5.38. The van der Waals surface area contributed by atoms with Gasteiger partial charge in [0.2, 0.25) is 0 Å². The Morgan fingerprint density at radius 2 is 1.56 bits per heavy atom. The molecule has 1 aliphatic heterocycles. The molecule has 3 rings (SSSR count). The fraction of sp³-hybridized carbons (Fsp3) is 0.500. The van der Waals surface area contributed by atoms with Gasteiger partial charge in [-0.05, 0) is 0 Å². The van der Waals surface area contributed by atoms with Crippen LogP contribution in [0.2, 0.25) is 0 Å². The Balaban J connectivity index is 1.73. The lowest BCUT2D eigenvalue weighted by molar-refractivity contribution is -0.111. The zero-order chi connectivity index (χ0) is 11.2. The normalized spacial score (nSPS) is 36.2. The average Bonchev–Trinajstić information content (AvgIpc) is 2.72. The molecule has 1 saturated carbocycles. The van der Waals surface area contributed by atoms with E-state index < -0.39 is 24.4 Å². The minimum absolute atomic E-state index is 0.221. The third-order valence-electron chi connectivity index (χ3n) is 3.08. The minimum atomic E-state index is -2.63. The van der Waals surface area contributed by atoms with Crippen molar-refractivity contribution < 1.29 is 18.3 Å². The maximum Gasteiger partial charge on any atom is 0.253 e. The van der Waals surface area contributed by atoms with Crippen molar-refractivity contribution in [2.24, 2.45) is 0 Å². The predicted molar refractivity (Wildman–Crippen MR) is 53.1 cm³/mol. The van der Waals surface area contributed by atoms with Gasteiger partial charge >= 0.3 is 0 Å². The van der Waals surface area contributed by atoms with E-state index in [0.717, 1.165) is 5.56 Å². The number of hydrogen-bond acceptors (Lipinski definition) is 2. The van der Waals surface area contributed by atoms with Gasteiger partial charge in [-0.15, -0.1) is 0 Å². The van der Waals surface area contributed by atoms with Crippen molar-refractivity contribution in [3.05, 3.63) is 35.9 Å². The first-order valence-electron chi connectivity index (χ1n) is 5.38. The molecule has 16 heavy (non-hydrogen) atoms. The van der Waals surface area contributed by atoms with Crippen LogP contribution in [0.3, 0.4) is 0 Å². The van der Waals surface area contributed by atoms with Gasteiger partial charge in [0, 0.05) is 18.4 Å². The molecule has 1 aromatic rings. The van der Waals surface area contributed by atoms with E-state index in [2.05, 4.69) is 0 Å². The Morgan fingerprint density at radius 1 is 1.00 bits per heavy atom. The third kappa shape index (κ3) is 1.72. The molecule has 0 bridgehead atoms. The Morgan fingerprint density at radius 3 is 2.12 bits per heavy atom. The maximum absolute atomic E-state index is 13.0. The highest BCUT2D eigenvalue weighted by atomic mass is 19.3. The summed E-state index contributed by atoms with van der Waals surface area (Å²) >= 11 is 0. The summed E-state index contributed by atoms with van der Waals surface area (Å²) < 4.78 is 37.1. The predicted octanol–water partition coefficient (Wildman–Crippen LogP) is 2.90. The number of fused-ring (bicyclic) bond motifs is 1. The van der Waals surface area contributed by atoms with Gasteiger partial charge < -0.3 is 9.47 Å². The highest BCUT2D eigenvalue weighted by Gasteiger charge is 2.52. The van der Waals surface area contributed by atoms with Crippen LogP contribution in [0, 0.1) is 0 Å². The number of benzene rings is 1. The fourth-order valence-electron chi connectivity index (χ4n) is 2.32. The van der Waals surface area contributed by atoms with Crippen LogP contribution < -0.4 is 0 Å². The van der Waals surface area contributed by atoms with E-state index >= 15 is 0 Å². The lowest BCUT2D eigenvalue weighted by atomic mass is 10.2. The Kier molecular flexibility index (Phi) is 2.23. The molecule has 2 unspecified atom stereocenters. The van der Waals surface area contributed by atoms with Crippen molar-refractivity contribution in [2.75, 3.05) is 0 Å². The molecule has 0 spiro atoms. The highest BCUT2D eigenvalue weighted by molar-refractivity contribution is 5.17. The van der Waals surface area contributed by atoms with E-state index in [4.69, 9.17) is 9.47 Å². The lowest BCUT2D eigenvalue weighted by Crippen LogP contribution is -2.14. The van der Waals surface area contributed by atoms with Crippen LogP contribution in [0.25, 0.3) is 0 Å². The van der Waals surface area contributed by atoms with Gasteiger partial charge in [0.15, 0.2) is 6.29 Å². The summed E-state index contributed by atoms with van der Waals surface area (Å²) in [6.45, 7) is 0. The van der Waals surface area contributed by atoms with Crippen molar-refractivity contribution in [2.45, 2.75) is 37.3 Å². The van der Waals surface area contributed by atoms with E-state index in [1.54, 1.807) is 0 Å². The highest BCUT2D eigenvalue weighted by Crippen LogP contribution is 2.46. The van der Waals surface area contributed by atoms with Crippen molar-refractivity contribution in [3.8, 4) is 0 Å². The van der Waals surface area contributed by atoms with Crippen molar-refractivity contribution in [1.29, 1.82) is 0 Å². The Labute approximate surface area is 92.2 Å². The SMILES string of the molecule is FC1(F)CC2OC(c3ccccc3)O[C@@H]2C1. The molecule has 2 nitrogen and oxygen atoms in total. The van der Waals surface area contributed by atoms with Crippen LogP contribution in [0.4, 0.5) is 8.78 Å². The molecule has 3 atom stereocenters. The van der Waals surface area contributed by atoms with Gasteiger partial charge in [-0.1, -0.05) is 30.3 Å². The quantitative estimate of drug-likeness (QED) is 0.733. The monoisotopic (exact) mass is 226 g/mol. The summed E-state index contributed by atoms with van der Waals surface area (Å²) in [5.41, 5.74) is 0.889. The molecule has 2 fully saturated rings. The molecule has 86 valence electrons. The van der Waals surface area contributed by atoms with Gasteiger partial charge in [-0.2, -0.15) is 0 Å². The van der Waals surface area contributed by atoms with Crippen molar-refractivity contribution >= 4 is 0 Å². The van der Waals surface area contributed by atoms with E-state index in [-0.39, 0.29) is 12.8 Å². The molecule has 0 aromatic heterocycles. The third-order valence-corrected chi connectivity index (χ3v) is 3.08. The van der Waals surface area contributed by atoms with Gasteiger partial charge in [-0.3, -0.25) is 0 Å². The molecule has 0 radical (unpaired) electrons. The summed E-state index contributed by atoms with van der Waals surface area (Å²) in [5.74, 6) is -2.63. The molecule has 0 amide bonds. The van der Waals surface area contributed by atoms with Crippen LogP contribution in [0.1, 0.15) is 24.7 Å². The summed E-state index contributed by atoms with van der Waals surface area (Å²) in [5, 5.41) is 0. The summed E-state index contributed by atoms with van der Waals surface area (Å²) in [6, 6.07) is 9.41.